The van der Waals surface area contributed by atoms with E-state index in [1.807, 2.05) is 59.2 Å². The largest absolute Gasteiger partial charge is 0.384 e. The molecule has 1 saturated carbocycles. The summed E-state index contributed by atoms with van der Waals surface area (Å²) in [4.78, 5) is 28.0. The van der Waals surface area contributed by atoms with Gasteiger partial charge in [-0.25, -0.2) is 0 Å². The highest BCUT2D eigenvalue weighted by atomic mass is 16.2. The molecular formula is C30H34N6O2. The number of rotatable bonds is 6. The van der Waals surface area contributed by atoms with Crippen molar-refractivity contribution in [2.45, 2.75) is 44.3 Å². The second kappa shape index (κ2) is 10.3. The van der Waals surface area contributed by atoms with Crippen molar-refractivity contribution in [1.82, 2.24) is 14.8 Å². The van der Waals surface area contributed by atoms with Crippen LogP contribution in [0.3, 0.4) is 0 Å². The highest BCUT2D eigenvalue weighted by Gasteiger charge is 2.24. The Labute approximate surface area is 222 Å². The van der Waals surface area contributed by atoms with Crippen LogP contribution in [0.25, 0.3) is 21.7 Å². The third-order valence-electron chi connectivity index (χ3n) is 7.53. The number of fused-ring (bicyclic) bond motifs is 2. The Kier molecular flexibility index (Phi) is 6.91. The van der Waals surface area contributed by atoms with E-state index in [2.05, 4.69) is 5.32 Å². The first-order valence-electron chi connectivity index (χ1n) is 13.0. The number of benzene rings is 3. The highest BCUT2D eigenvalue weighted by Crippen LogP contribution is 2.28. The molecule has 0 unspecified atom stereocenters. The number of nitrogen functional groups attached to an aromatic ring is 1. The zero-order chi connectivity index (χ0) is 27.0. The van der Waals surface area contributed by atoms with Gasteiger partial charge in [0.1, 0.15) is 11.5 Å². The topological polar surface area (TPSA) is 130 Å². The molecule has 1 aliphatic rings. The minimum Gasteiger partial charge on any atom is -0.384 e. The number of hydrogen-bond donors (Lipinski definition) is 4. The van der Waals surface area contributed by atoms with E-state index in [-0.39, 0.29) is 29.7 Å². The molecule has 0 spiro atoms. The molecule has 2 amide bonds. The highest BCUT2D eigenvalue weighted by molar-refractivity contribution is 6.08. The third-order valence-corrected chi connectivity index (χ3v) is 7.53. The number of hydrogen-bond acceptors (Lipinski definition) is 4. The SMILES string of the molecule is CN(C)C(=O)c1ccc(Cn2c(C(=O)N[C@H]3CC[C@H](N)CC3)cc3ccc(C(=N)N)cc32)c2ccccc12. The van der Waals surface area contributed by atoms with Gasteiger partial charge in [0.2, 0.25) is 0 Å². The Morgan fingerprint density at radius 1 is 1.00 bits per heavy atom. The average molecular weight is 511 g/mol. The fourth-order valence-corrected chi connectivity index (χ4v) is 5.40. The van der Waals surface area contributed by atoms with Crippen LogP contribution in [0.5, 0.6) is 0 Å². The lowest BCUT2D eigenvalue weighted by Crippen LogP contribution is -2.41. The smallest absolute Gasteiger partial charge is 0.268 e. The van der Waals surface area contributed by atoms with E-state index < -0.39 is 0 Å². The molecule has 6 N–H and O–H groups in total. The lowest BCUT2D eigenvalue weighted by atomic mass is 9.92. The summed E-state index contributed by atoms with van der Waals surface area (Å²) in [6.07, 6.45) is 3.54. The predicted molar refractivity (Wildman–Crippen MR) is 152 cm³/mol. The van der Waals surface area contributed by atoms with E-state index in [1.54, 1.807) is 25.1 Å². The molecule has 1 fully saturated rings. The van der Waals surface area contributed by atoms with Gasteiger partial charge in [0.25, 0.3) is 11.8 Å². The minimum absolute atomic E-state index is 0.0267. The standard InChI is InChI=1S/C30H34N6O2/c1-35(2)30(38)25-14-9-20(23-5-3-4-6-24(23)25)17-36-26-16-19(28(32)33)8-7-18(26)15-27(36)29(37)34-22-12-10-21(31)11-13-22/h3-9,14-16,21-22H,10-13,17,31H2,1-2H3,(H3,32,33)(H,34,37)/t21-,22-. The van der Waals surface area contributed by atoms with Crippen molar-refractivity contribution in [3.05, 3.63) is 83.0 Å². The summed E-state index contributed by atoms with van der Waals surface area (Å²) in [6, 6.07) is 19.4. The normalized spacial score (nSPS) is 17.4. The van der Waals surface area contributed by atoms with Gasteiger partial charge in [0, 0.05) is 54.8 Å². The molecule has 38 heavy (non-hydrogen) atoms. The van der Waals surface area contributed by atoms with Crippen molar-refractivity contribution in [2.24, 2.45) is 11.5 Å². The van der Waals surface area contributed by atoms with Gasteiger partial charge in [-0.2, -0.15) is 0 Å². The number of carbonyl (C=O) groups is 2. The van der Waals surface area contributed by atoms with Crippen molar-refractivity contribution in [3.63, 3.8) is 0 Å². The molecule has 0 saturated heterocycles. The van der Waals surface area contributed by atoms with Gasteiger partial charge in [-0.05, 0) is 60.2 Å². The van der Waals surface area contributed by atoms with E-state index in [0.29, 0.717) is 23.4 Å². The van der Waals surface area contributed by atoms with Crippen LogP contribution in [0, 0.1) is 5.41 Å². The Bertz CT molecular complexity index is 1550. The fourth-order valence-electron chi connectivity index (χ4n) is 5.40. The maximum absolute atomic E-state index is 13.6. The molecule has 0 atom stereocenters. The zero-order valence-corrected chi connectivity index (χ0v) is 21.8. The molecule has 8 heteroatoms. The first kappa shape index (κ1) is 25.5. The quantitative estimate of drug-likeness (QED) is 0.232. The van der Waals surface area contributed by atoms with E-state index in [9.17, 15) is 9.59 Å². The third kappa shape index (κ3) is 4.87. The molecule has 3 aromatic carbocycles. The van der Waals surface area contributed by atoms with Gasteiger partial charge in [0.05, 0.1) is 0 Å². The molecule has 196 valence electrons. The molecule has 5 rings (SSSR count). The number of nitrogens with zero attached hydrogens (tertiary/aromatic N) is 2. The molecule has 1 aromatic heterocycles. The first-order valence-corrected chi connectivity index (χ1v) is 13.0. The van der Waals surface area contributed by atoms with Crippen LogP contribution in [0.15, 0.2) is 60.7 Å². The van der Waals surface area contributed by atoms with E-state index >= 15 is 0 Å². The maximum atomic E-state index is 13.6. The van der Waals surface area contributed by atoms with Crippen molar-refractivity contribution >= 4 is 39.3 Å². The molecule has 4 aromatic rings. The lowest BCUT2D eigenvalue weighted by Gasteiger charge is -2.27. The zero-order valence-electron chi connectivity index (χ0n) is 21.8. The Morgan fingerprint density at radius 3 is 2.39 bits per heavy atom. The predicted octanol–water partition coefficient (Wildman–Crippen LogP) is 3.83. The number of aromatic nitrogens is 1. The molecule has 1 heterocycles. The number of nitrogens with one attached hydrogen (secondary N) is 2. The van der Waals surface area contributed by atoms with Crippen LogP contribution in [0.1, 0.15) is 57.7 Å². The summed E-state index contributed by atoms with van der Waals surface area (Å²) in [6.45, 7) is 0.417. The van der Waals surface area contributed by atoms with Crippen molar-refractivity contribution in [3.8, 4) is 0 Å². The van der Waals surface area contributed by atoms with Gasteiger partial charge in [-0.3, -0.25) is 15.0 Å². The van der Waals surface area contributed by atoms with Gasteiger partial charge in [0.15, 0.2) is 0 Å². The van der Waals surface area contributed by atoms with Gasteiger partial charge >= 0.3 is 0 Å². The van der Waals surface area contributed by atoms with Crippen LogP contribution < -0.4 is 16.8 Å². The maximum Gasteiger partial charge on any atom is 0.268 e. The van der Waals surface area contributed by atoms with E-state index in [0.717, 1.165) is 52.9 Å². The Morgan fingerprint density at radius 2 is 1.71 bits per heavy atom. The molecule has 8 nitrogen and oxygen atoms in total. The fraction of sp³-hybridized carbons (Fsp3) is 0.300. The summed E-state index contributed by atoms with van der Waals surface area (Å²) in [5.41, 5.74) is 15.5. The molecular weight excluding hydrogens is 476 g/mol. The molecule has 0 radical (unpaired) electrons. The summed E-state index contributed by atoms with van der Waals surface area (Å²) in [5.74, 6) is -0.214. The van der Waals surface area contributed by atoms with Crippen LogP contribution in [-0.2, 0) is 6.54 Å². The van der Waals surface area contributed by atoms with Gasteiger partial charge in [-0.1, -0.05) is 42.5 Å². The molecule has 1 aliphatic carbocycles. The van der Waals surface area contributed by atoms with Crippen LogP contribution in [-0.4, -0.2) is 53.3 Å². The molecule has 0 bridgehead atoms. The summed E-state index contributed by atoms with van der Waals surface area (Å²) >= 11 is 0. The number of amides is 2. The van der Waals surface area contributed by atoms with E-state index in [4.69, 9.17) is 16.9 Å². The summed E-state index contributed by atoms with van der Waals surface area (Å²) in [7, 11) is 3.49. The number of carbonyl (C=O) groups excluding carboxylic acids is 2. The number of amidine groups is 1. The Hall–Kier alpha value is -4.17. The second-order valence-electron chi connectivity index (χ2n) is 10.4. The van der Waals surface area contributed by atoms with Gasteiger partial charge in [-0.15, -0.1) is 0 Å². The summed E-state index contributed by atoms with van der Waals surface area (Å²) in [5, 5.41) is 13.9. The first-order chi connectivity index (χ1) is 18.2. The number of nitrogens with two attached hydrogens (primary N) is 2. The molecule has 0 aliphatic heterocycles. The van der Waals surface area contributed by atoms with Crippen molar-refractivity contribution < 1.29 is 9.59 Å². The summed E-state index contributed by atoms with van der Waals surface area (Å²) < 4.78 is 1.99. The minimum atomic E-state index is -0.130. The Balaban J connectivity index is 1.59. The van der Waals surface area contributed by atoms with E-state index in [1.165, 1.54) is 0 Å². The van der Waals surface area contributed by atoms with Crippen LogP contribution >= 0.6 is 0 Å². The van der Waals surface area contributed by atoms with Crippen LogP contribution in [0.4, 0.5) is 0 Å². The van der Waals surface area contributed by atoms with Crippen molar-refractivity contribution in [2.75, 3.05) is 14.1 Å². The van der Waals surface area contributed by atoms with Crippen LogP contribution in [0.2, 0.25) is 0 Å². The average Bonchev–Trinajstić information content (AvgIpc) is 3.27. The van der Waals surface area contributed by atoms with Gasteiger partial charge < -0.3 is 26.3 Å². The second-order valence-corrected chi connectivity index (χ2v) is 10.4. The van der Waals surface area contributed by atoms with Crippen molar-refractivity contribution in [1.29, 1.82) is 5.41 Å². The lowest BCUT2D eigenvalue weighted by molar-refractivity contribution is 0.0829. The monoisotopic (exact) mass is 510 g/mol.